The van der Waals surface area contributed by atoms with Gasteiger partial charge in [-0.1, -0.05) is 78.3 Å². The summed E-state index contributed by atoms with van der Waals surface area (Å²) in [6.07, 6.45) is 3.68. The van der Waals surface area contributed by atoms with Crippen LogP contribution in [0.25, 0.3) is 0 Å². The first-order chi connectivity index (χ1) is 12.7. The molecular weight excluding hydrogens is 344 g/mol. The summed E-state index contributed by atoms with van der Waals surface area (Å²) >= 11 is 5.80. The molecule has 1 unspecified atom stereocenters. The number of carbonyl (C=O) groups excluding carboxylic acids is 1. The fourth-order valence-electron chi connectivity index (χ4n) is 2.90. The molecule has 0 saturated heterocycles. The Morgan fingerprint density at radius 2 is 1.62 bits per heavy atom. The molecule has 1 amide bonds. The van der Waals surface area contributed by atoms with E-state index >= 15 is 0 Å². The van der Waals surface area contributed by atoms with E-state index in [1.807, 2.05) is 42.5 Å². The van der Waals surface area contributed by atoms with Gasteiger partial charge in [0.1, 0.15) is 5.15 Å². The van der Waals surface area contributed by atoms with Gasteiger partial charge in [0.2, 0.25) is 5.91 Å². The number of nitrogens with one attached hydrogen (secondary N) is 1. The van der Waals surface area contributed by atoms with Crippen LogP contribution in [0.2, 0.25) is 5.15 Å². The van der Waals surface area contributed by atoms with Crippen LogP contribution in [0.4, 0.5) is 0 Å². The van der Waals surface area contributed by atoms with E-state index in [9.17, 15) is 4.79 Å². The van der Waals surface area contributed by atoms with Crippen LogP contribution in [0.3, 0.4) is 0 Å². The second-order valence-corrected chi connectivity index (χ2v) is 6.61. The predicted molar refractivity (Wildman–Crippen MR) is 105 cm³/mol. The predicted octanol–water partition coefficient (Wildman–Crippen LogP) is 4.77. The van der Waals surface area contributed by atoms with E-state index in [-0.39, 0.29) is 11.9 Å². The van der Waals surface area contributed by atoms with Crippen LogP contribution >= 0.6 is 11.6 Å². The van der Waals surface area contributed by atoms with Crippen LogP contribution in [0.5, 0.6) is 0 Å². The number of nitrogens with zero attached hydrogens (tertiary/aromatic N) is 1. The molecule has 0 radical (unpaired) electrons. The maximum atomic E-state index is 12.5. The fourth-order valence-corrected chi connectivity index (χ4v) is 3.02. The van der Waals surface area contributed by atoms with Gasteiger partial charge in [0.25, 0.3) is 0 Å². The van der Waals surface area contributed by atoms with Gasteiger partial charge in [0, 0.05) is 6.20 Å². The van der Waals surface area contributed by atoms with Crippen LogP contribution < -0.4 is 5.32 Å². The molecule has 0 fully saturated rings. The quantitative estimate of drug-likeness (QED) is 0.614. The Labute approximate surface area is 159 Å². The van der Waals surface area contributed by atoms with Crippen LogP contribution in [-0.2, 0) is 17.6 Å². The van der Waals surface area contributed by atoms with Crippen molar-refractivity contribution < 1.29 is 4.79 Å². The normalized spacial score (nSPS) is 11.7. The summed E-state index contributed by atoms with van der Waals surface area (Å²) in [5.41, 5.74) is 3.23. The second kappa shape index (κ2) is 9.16. The van der Waals surface area contributed by atoms with Crippen molar-refractivity contribution in [1.29, 1.82) is 0 Å². The maximum Gasteiger partial charge on any atom is 0.224 e. The summed E-state index contributed by atoms with van der Waals surface area (Å²) in [4.78, 5) is 16.6. The number of pyridine rings is 1. The molecule has 0 aliphatic heterocycles. The molecule has 2 aromatic carbocycles. The molecule has 4 heteroatoms. The molecule has 1 N–H and O–H groups in total. The molecule has 3 aromatic rings. The van der Waals surface area contributed by atoms with Crippen molar-refractivity contribution in [2.75, 3.05) is 0 Å². The van der Waals surface area contributed by atoms with E-state index in [2.05, 4.69) is 34.6 Å². The molecule has 3 nitrogen and oxygen atoms in total. The van der Waals surface area contributed by atoms with E-state index in [0.717, 1.165) is 24.0 Å². The lowest BCUT2D eigenvalue weighted by molar-refractivity contribution is -0.121. The topological polar surface area (TPSA) is 42.0 Å². The van der Waals surface area contributed by atoms with Crippen molar-refractivity contribution in [3.05, 3.63) is 101 Å². The lowest BCUT2D eigenvalue weighted by Crippen LogP contribution is -2.30. The minimum atomic E-state index is -0.0239. The Morgan fingerprint density at radius 1 is 0.923 bits per heavy atom. The zero-order chi connectivity index (χ0) is 18.2. The molecule has 132 valence electrons. The maximum absolute atomic E-state index is 12.5. The summed E-state index contributed by atoms with van der Waals surface area (Å²) in [5, 5.41) is 3.60. The second-order valence-electron chi connectivity index (χ2n) is 6.22. The van der Waals surface area contributed by atoms with E-state index in [1.165, 1.54) is 5.56 Å². The number of halogens is 1. The molecule has 1 atom stereocenters. The summed E-state index contributed by atoms with van der Waals surface area (Å²) in [7, 11) is 0. The lowest BCUT2D eigenvalue weighted by atomic mass is 9.98. The smallest absolute Gasteiger partial charge is 0.224 e. The summed E-state index contributed by atoms with van der Waals surface area (Å²) in [6.45, 7) is 0. The van der Waals surface area contributed by atoms with E-state index in [1.54, 1.807) is 12.3 Å². The average molecular weight is 365 g/mol. The molecule has 1 aromatic heterocycles. The first-order valence-electron chi connectivity index (χ1n) is 8.69. The lowest BCUT2D eigenvalue weighted by Gasteiger charge is -2.19. The van der Waals surface area contributed by atoms with E-state index in [4.69, 9.17) is 11.6 Å². The largest absolute Gasteiger partial charge is 0.349 e. The molecule has 26 heavy (non-hydrogen) atoms. The highest BCUT2D eigenvalue weighted by Crippen LogP contribution is 2.19. The molecule has 1 heterocycles. The highest BCUT2D eigenvalue weighted by molar-refractivity contribution is 6.29. The Bertz CT molecular complexity index is 820. The minimum absolute atomic E-state index is 0.0176. The number of amides is 1. The molecule has 3 rings (SSSR count). The van der Waals surface area contributed by atoms with Crippen LogP contribution in [0.15, 0.2) is 79.0 Å². The number of hydrogen-bond acceptors (Lipinski definition) is 2. The van der Waals surface area contributed by atoms with Gasteiger partial charge >= 0.3 is 0 Å². The Kier molecular flexibility index (Phi) is 6.39. The number of aromatic nitrogens is 1. The van der Waals surface area contributed by atoms with Gasteiger partial charge in [-0.2, -0.15) is 0 Å². The fraction of sp³-hybridized carbons (Fsp3) is 0.182. The van der Waals surface area contributed by atoms with Gasteiger partial charge in [0.15, 0.2) is 0 Å². The number of aryl methyl sites for hydroxylation is 1. The first-order valence-corrected chi connectivity index (χ1v) is 9.07. The molecule has 0 saturated carbocycles. The molecule has 0 aliphatic carbocycles. The average Bonchev–Trinajstić information content (AvgIpc) is 2.68. The van der Waals surface area contributed by atoms with Crippen LogP contribution in [-0.4, -0.2) is 10.9 Å². The number of benzene rings is 2. The first kappa shape index (κ1) is 18.2. The van der Waals surface area contributed by atoms with E-state index in [0.29, 0.717) is 11.6 Å². The van der Waals surface area contributed by atoms with Crippen molar-refractivity contribution in [2.45, 2.75) is 25.3 Å². The van der Waals surface area contributed by atoms with Gasteiger partial charge in [-0.05, 0) is 35.6 Å². The van der Waals surface area contributed by atoms with Crippen molar-refractivity contribution in [1.82, 2.24) is 10.3 Å². The Balaban J connectivity index is 1.66. The molecular formula is C22H21ClN2O. The third-order valence-corrected chi connectivity index (χ3v) is 4.48. The zero-order valence-electron chi connectivity index (χ0n) is 14.4. The minimum Gasteiger partial charge on any atom is -0.349 e. The highest BCUT2D eigenvalue weighted by atomic mass is 35.5. The molecule has 0 aliphatic rings. The third-order valence-electron chi connectivity index (χ3n) is 4.25. The van der Waals surface area contributed by atoms with Gasteiger partial charge in [-0.3, -0.25) is 4.79 Å². The Morgan fingerprint density at radius 3 is 2.27 bits per heavy atom. The van der Waals surface area contributed by atoms with Gasteiger partial charge in [0.05, 0.1) is 12.5 Å². The summed E-state index contributed by atoms with van der Waals surface area (Å²) < 4.78 is 0. The summed E-state index contributed by atoms with van der Waals surface area (Å²) in [6, 6.07) is 23.9. The van der Waals surface area contributed by atoms with Gasteiger partial charge in [-0.15, -0.1) is 0 Å². The van der Waals surface area contributed by atoms with Crippen LogP contribution in [0, 0.1) is 0 Å². The van der Waals surface area contributed by atoms with Gasteiger partial charge < -0.3 is 5.32 Å². The van der Waals surface area contributed by atoms with Crippen molar-refractivity contribution in [3.63, 3.8) is 0 Å². The molecule has 0 spiro atoms. The van der Waals surface area contributed by atoms with Crippen molar-refractivity contribution in [3.8, 4) is 0 Å². The van der Waals surface area contributed by atoms with Crippen LogP contribution in [0.1, 0.15) is 29.2 Å². The monoisotopic (exact) mass is 364 g/mol. The zero-order valence-corrected chi connectivity index (χ0v) is 15.2. The van der Waals surface area contributed by atoms with Crippen molar-refractivity contribution >= 4 is 17.5 Å². The van der Waals surface area contributed by atoms with E-state index < -0.39 is 0 Å². The number of hydrogen-bond donors (Lipinski definition) is 1. The Hall–Kier alpha value is -2.65. The van der Waals surface area contributed by atoms with Crippen molar-refractivity contribution in [2.24, 2.45) is 0 Å². The number of rotatable bonds is 7. The standard InChI is InChI=1S/C22H21ClN2O/c23-21-14-12-18(16-24-21)15-22(26)25-20(19-9-5-2-6-10-19)13-11-17-7-3-1-4-8-17/h1-10,12,14,16,20H,11,13,15H2,(H,25,26). The van der Waals surface area contributed by atoms with Gasteiger partial charge in [-0.25, -0.2) is 4.98 Å². The number of carbonyl (C=O) groups is 1. The molecule has 0 bridgehead atoms. The summed E-state index contributed by atoms with van der Waals surface area (Å²) in [5.74, 6) is -0.0176. The highest BCUT2D eigenvalue weighted by Gasteiger charge is 2.15. The third kappa shape index (κ3) is 5.43. The SMILES string of the molecule is O=C(Cc1ccc(Cl)nc1)NC(CCc1ccccc1)c1ccccc1.